The molecule has 10 heteroatoms. The number of nitrogens with one attached hydrogen (secondary N) is 1. The highest BCUT2D eigenvalue weighted by atomic mass is 35.5. The van der Waals surface area contributed by atoms with Crippen LogP contribution >= 0.6 is 23.2 Å². The molecular weight excluding hydrogens is 509 g/mol. The van der Waals surface area contributed by atoms with Gasteiger partial charge in [-0.25, -0.2) is 8.42 Å². The molecule has 1 N–H and O–H groups in total. The van der Waals surface area contributed by atoms with Crippen LogP contribution in [0.2, 0.25) is 10.0 Å². The molecule has 0 saturated heterocycles. The van der Waals surface area contributed by atoms with E-state index in [-0.39, 0.29) is 24.2 Å². The van der Waals surface area contributed by atoms with Crippen LogP contribution < -0.4 is 9.62 Å². The minimum atomic E-state index is -3.81. The summed E-state index contributed by atoms with van der Waals surface area (Å²) in [6.45, 7) is 1.23. The summed E-state index contributed by atoms with van der Waals surface area (Å²) in [5, 5.41) is 3.86. The molecular formula is C25H31Cl2N3O4S. The SMILES string of the molecule is C[C@@H](C(=O)NC1CCCCC1)N(Cc1ccccc1Cl)C(=O)CN(c1cccc(Cl)c1)S(C)(=O)=O. The van der Waals surface area contributed by atoms with Crippen molar-refractivity contribution >= 4 is 50.7 Å². The Bertz CT molecular complexity index is 1150. The lowest BCUT2D eigenvalue weighted by Crippen LogP contribution is -2.53. The van der Waals surface area contributed by atoms with Crippen LogP contribution in [0.4, 0.5) is 5.69 Å². The first-order valence-electron chi connectivity index (χ1n) is 11.6. The second kappa shape index (κ2) is 12.1. The van der Waals surface area contributed by atoms with Crippen molar-refractivity contribution in [2.75, 3.05) is 17.1 Å². The van der Waals surface area contributed by atoms with Gasteiger partial charge in [0.15, 0.2) is 0 Å². The molecule has 0 bridgehead atoms. The zero-order chi connectivity index (χ0) is 25.6. The smallest absolute Gasteiger partial charge is 0.244 e. The first-order chi connectivity index (χ1) is 16.6. The van der Waals surface area contributed by atoms with Crippen LogP contribution in [-0.4, -0.2) is 50.0 Å². The maximum Gasteiger partial charge on any atom is 0.244 e. The number of carbonyl (C=O) groups is 2. The molecule has 190 valence electrons. The summed E-state index contributed by atoms with van der Waals surface area (Å²) in [5.74, 6) is -0.799. The van der Waals surface area contributed by atoms with Gasteiger partial charge in [0.1, 0.15) is 12.6 Å². The molecule has 0 spiro atoms. The van der Waals surface area contributed by atoms with E-state index >= 15 is 0 Å². The first-order valence-corrected chi connectivity index (χ1v) is 14.2. The van der Waals surface area contributed by atoms with Gasteiger partial charge in [0.05, 0.1) is 11.9 Å². The van der Waals surface area contributed by atoms with Crippen molar-refractivity contribution < 1.29 is 18.0 Å². The largest absolute Gasteiger partial charge is 0.352 e. The van der Waals surface area contributed by atoms with E-state index in [0.29, 0.717) is 15.6 Å². The predicted octanol–water partition coefficient (Wildman–Crippen LogP) is 4.63. The number of halogens is 2. The molecule has 35 heavy (non-hydrogen) atoms. The quantitative estimate of drug-likeness (QED) is 0.503. The van der Waals surface area contributed by atoms with Gasteiger partial charge in [-0.15, -0.1) is 0 Å². The van der Waals surface area contributed by atoms with Crippen LogP contribution in [0.3, 0.4) is 0 Å². The van der Waals surface area contributed by atoms with E-state index in [9.17, 15) is 18.0 Å². The van der Waals surface area contributed by atoms with Crippen LogP contribution in [0.5, 0.6) is 0 Å². The van der Waals surface area contributed by atoms with E-state index in [1.807, 2.05) is 0 Å². The molecule has 2 aromatic rings. The van der Waals surface area contributed by atoms with Crippen molar-refractivity contribution in [1.29, 1.82) is 0 Å². The predicted molar refractivity (Wildman–Crippen MR) is 140 cm³/mol. The molecule has 2 amide bonds. The number of hydrogen-bond donors (Lipinski definition) is 1. The highest BCUT2D eigenvalue weighted by Gasteiger charge is 2.31. The first kappa shape index (κ1) is 27.3. The Balaban J connectivity index is 1.88. The topological polar surface area (TPSA) is 86.8 Å². The average molecular weight is 541 g/mol. The number of anilines is 1. The van der Waals surface area contributed by atoms with E-state index in [1.165, 1.54) is 11.0 Å². The number of carbonyl (C=O) groups excluding carboxylic acids is 2. The fourth-order valence-electron chi connectivity index (χ4n) is 4.21. The number of sulfonamides is 1. The maximum absolute atomic E-state index is 13.6. The zero-order valence-electron chi connectivity index (χ0n) is 19.9. The monoisotopic (exact) mass is 539 g/mol. The van der Waals surface area contributed by atoms with Crippen molar-refractivity contribution in [3.05, 3.63) is 64.1 Å². The summed E-state index contributed by atoms with van der Waals surface area (Å²) in [6, 6.07) is 12.6. The van der Waals surface area contributed by atoms with Gasteiger partial charge in [-0.2, -0.15) is 0 Å². The van der Waals surface area contributed by atoms with Crippen molar-refractivity contribution in [2.24, 2.45) is 0 Å². The number of benzene rings is 2. The van der Waals surface area contributed by atoms with Crippen LogP contribution in [0.1, 0.15) is 44.6 Å². The normalized spacial score (nSPS) is 15.3. The molecule has 1 aliphatic carbocycles. The second-order valence-corrected chi connectivity index (χ2v) is 11.6. The van der Waals surface area contributed by atoms with Crippen molar-refractivity contribution in [1.82, 2.24) is 10.2 Å². The molecule has 0 unspecified atom stereocenters. The lowest BCUT2D eigenvalue weighted by molar-refractivity contribution is -0.139. The Morgan fingerprint density at radius 2 is 1.74 bits per heavy atom. The second-order valence-electron chi connectivity index (χ2n) is 8.88. The van der Waals surface area contributed by atoms with E-state index < -0.39 is 28.5 Å². The van der Waals surface area contributed by atoms with Gasteiger partial charge in [0.2, 0.25) is 21.8 Å². The van der Waals surface area contributed by atoms with Crippen LogP contribution in [0.25, 0.3) is 0 Å². The highest BCUT2D eigenvalue weighted by Crippen LogP contribution is 2.24. The molecule has 1 atom stereocenters. The summed E-state index contributed by atoms with van der Waals surface area (Å²) < 4.78 is 26.2. The minimum Gasteiger partial charge on any atom is -0.352 e. The third-order valence-corrected chi connectivity index (χ3v) is 7.94. The Hall–Kier alpha value is -2.29. The van der Waals surface area contributed by atoms with Gasteiger partial charge < -0.3 is 10.2 Å². The fourth-order valence-corrected chi connectivity index (χ4v) is 5.43. The van der Waals surface area contributed by atoms with E-state index in [0.717, 1.165) is 42.7 Å². The Kier molecular flexibility index (Phi) is 9.44. The highest BCUT2D eigenvalue weighted by molar-refractivity contribution is 7.92. The Morgan fingerprint density at radius 3 is 2.37 bits per heavy atom. The fraction of sp³-hybridized carbons (Fsp3) is 0.440. The molecule has 0 aromatic heterocycles. The third-order valence-electron chi connectivity index (χ3n) is 6.19. The van der Waals surface area contributed by atoms with Gasteiger partial charge >= 0.3 is 0 Å². The molecule has 3 rings (SSSR count). The maximum atomic E-state index is 13.6. The minimum absolute atomic E-state index is 0.0604. The van der Waals surface area contributed by atoms with Crippen LogP contribution in [0, 0.1) is 0 Å². The third kappa shape index (κ3) is 7.59. The van der Waals surface area contributed by atoms with Gasteiger partial charge in [-0.3, -0.25) is 13.9 Å². The number of nitrogens with zero attached hydrogens (tertiary/aromatic N) is 2. The standard InChI is InChI=1S/C25H31Cl2N3O4S/c1-18(25(32)28-21-11-4-3-5-12-21)29(16-19-9-6-7-14-23(19)27)24(31)17-30(35(2,33)34)22-13-8-10-20(26)15-22/h6-10,13-15,18,21H,3-5,11-12,16-17H2,1-2H3,(H,28,32)/t18-/m0/s1. The summed E-state index contributed by atoms with van der Waals surface area (Å²) >= 11 is 12.4. The summed E-state index contributed by atoms with van der Waals surface area (Å²) in [5.41, 5.74) is 0.929. The van der Waals surface area contributed by atoms with Gasteiger partial charge in [0, 0.05) is 22.6 Å². The van der Waals surface area contributed by atoms with Crippen LogP contribution in [-0.2, 0) is 26.2 Å². The van der Waals surface area contributed by atoms with Gasteiger partial charge in [-0.1, -0.05) is 66.7 Å². The molecule has 0 heterocycles. The summed E-state index contributed by atoms with van der Waals surface area (Å²) in [7, 11) is -3.81. The van der Waals surface area contributed by atoms with Crippen molar-refractivity contribution in [2.45, 2.75) is 57.7 Å². The van der Waals surface area contributed by atoms with Gasteiger partial charge in [-0.05, 0) is 49.6 Å². The summed E-state index contributed by atoms with van der Waals surface area (Å²) in [4.78, 5) is 28.1. The van der Waals surface area contributed by atoms with Crippen molar-refractivity contribution in [3.8, 4) is 0 Å². The van der Waals surface area contributed by atoms with E-state index in [2.05, 4.69) is 5.32 Å². The lowest BCUT2D eigenvalue weighted by atomic mass is 9.95. The summed E-state index contributed by atoms with van der Waals surface area (Å²) in [6.07, 6.45) is 6.12. The van der Waals surface area contributed by atoms with E-state index in [1.54, 1.807) is 49.4 Å². The van der Waals surface area contributed by atoms with Crippen molar-refractivity contribution in [3.63, 3.8) is 0 Å². The number of hydrogen-bond acceptors (Lipinski definition) is 4. The number of rotatable bonds is 9. The molecule has 0 aliphatic heterocycles. The molecule has 0 radical (unpaired) electrons. The van der Waals surface area contributed by atoms with Gasteiger partial charge in [0.25, 0.3) is 0 Å². The average Bonchev–Trinajstić information content (AvgIpc) is 2.81. The molecule has 7 nitrogen and oxygen atoms in total. The molecule has 1 saturated carbocycles. The Labute approximate surface area is 217 Å². The Morgan fingerprint density at radius 1 is 1.06 bits per heavy atom. The molecule has 1 fully saturated rings. The lowest BCUT2D eigenvalue weighted by Gasteiger charge is -2.33. The van der Waals surface area contributed by atoms with E-state index in [4.69, 9.17) is 23.2 Å². The molecule has 1 aliphatic rings. The zero-order valence-corrected chi connectivity index (χ0v) is 22.2. The van der Waals surface area contributed by atoms with Crippen LogP contribution in [0.15, 0.2) is 48.5 Å². The number of amides is 2. The molecule has 2 aromatic carbocycles.